The maximum absolute atomic E-state index is 14.7. The summed E-state index contributed by atoms with van der Waals surface area (Å²) < 4.78 is 54.3. The second-order valence-electron chi connectivity index (χ2n) is 8.22. The van der Waals surface area contributed by atoms with E-state index in [-0.39, 0.29) is 16.3 Å². The molecule has 4 rings (SSSR count). The van der Waals surface area contributed by atoms with Crippen LogP contribution < -0.4 is 16.4 Å². The van der Waals surface area contributed by atoms with E-state index in [1.54, 1.807) is 0 Å². The quantitative estimate of drug-likeness (QED) is 0.188. The van der Waals surface area contributed by atoms with Gasteiger partial charge in [0.2, 0.25) is 5.91 Å². The first-order valence-electron chi connectivity index (χ1n) is 10.3. The normalized spacial score (nSPS) is 18.0. The van der Waals surface area contributed by atoms with Gasteiger partial charge in [-0.05, 0) is 54.4 Å². The molecule has 0 bridgehead atoms. The monoisotopic (exact) mass is 559 g/mol. The van der Waals surface area contributed by atoms with Gasteiger partial charge in [-0.2, -0.15) is 0 Å². The molecule has 12 heteroatoms. The van der Waals surface area contributed by atoms with E-state index in [2.05, 4.69) is 10.6 Å². The van der Waals surface area contributed by atoms with Crippen LogP contribution in [0.2, 0.25) is 5.02 Å². The molecule has 1 saturated carbocycles. The Morgan fingerprint density at radius 2 is 1.61 bits per heavy atom. The number of carbonyl (C=O) groups is 2. The molecule has 0 aliphatic heterocycles. The van der Waals surface area contributed by atoms with Crippen LogP contribution in [-0.4, -0.2) is 16.1 Å². The predicted molar refractivity (Wildman–Crippen MR) is 131 cm³/mol. The standard InChI is InChI=1S/C24H16Cl3F4N3O2/c1-9-6-11(8-12(19(9)30)22(35)34-16-5-4-15(29)21(32)20(16)31)33-23(36)18-17(24(18,26)27)10-2-3-14(28)13(25)7-10/h2-8,17-18H,32H2,1H3,(H,33,36)(H,34,35). The second kappa shape index (κ2) is 9.46. The van der Waals surface area contributed by atoms with Crippen molar-refractivity contribution >= 4 is 63.7 Å². The van der Waals surface area contributed by atoms with Gasteiger partial charge in [-0.1, -0.05) is 17.7 Å². The van der Waals surface area contributed by atoms with E-state index in [4.69, 9.17) is 40.5 Å². The van der Waals surface area contributed by atoms with Crippen molar-refractivity contribution in [3.8, 4) is 0 Å². The van der Waals surface area contributed by atoms with Crippen LogP contribution in [0.3, 0.4) is 0 Å². The van der Waals surface area contributed by atoms with Crippen LogP contribution in [0, 0.1) is 36.1 Å². The highest BCUT2D eigenvalue weighted by Crippen LogP contribution is 2.65. The van der Waals surface area contributed by atoms with Gasteiger partial charge in [-0.3, -0.25) is 9.59 Å². The van der Waals surface area contributed by atoms with Gasteiger partial charge in [-0.15, -0.1) is 23.2 Å². The molecule has 0 heterocycles. The van der Waals surface area contributed by atoms with Crippen LogP contribution in [0.1, 0.15) is 27.4 Å². The topological polar surface area (TPSA) is 84.2 Å². The molecule has 2 unspecified atom stereocenters. The van der Waals surface area contributed by atoms with Crippen LogP contribution in [0.15, 0.2) is 42.5 Å². The Hall–Kier alpha value is -3.01. The van der Waals surface area contributed by atoms with Gasteiger partial charge in [0, 0.05) is 11.6 Å². The summed E-state index contributed by atoms with van der Waals surface area (Å²) >= 11 is 18.4. The minimum Gasteiger partial charge on any atom is -0.394 e. The summed E-state index contributed by atoms with van der Waals surface area (Å²) in [7, 11) is 0. The van der Waals surface area contributed by atoms with E-state index in [0.717, 1.165) is 24.3 Å². The van der Waals surface area contributed by atoms with Crippen molar-refractivity contribution in [1.29, 1.82) is 0 Å². The Kier molecular flexibility index (Phi) is 6.85. The molecular formula is C24H16Cl3F4N3O2. The number of nitrogens with two attached hydrogens (primary N) is 1. The van der Waals surface area contributed by atoms with E-state index in [1.807, 2.05) is 0 Å². The van der Waals surface area contributed by atoms with Crippen molar-refractivity contribution in [2.75, 3.05) is 16.4 Å². The van der Waals surface area contributed by atoms with Gasteiger partial charge in [0.1, 0.15) is 27.5 Å². The maximum atomic E-state index is 14.7. The minimum absolute atomic E-state index is 0.00212. The van der Waals surface area contributed by atoms with Crippen molar-refractivity contribution in [3.05, 3.63) is 87.4 Å². The molecule has 1 aliphatic rings. The van der Waals surface area contributed by atoms with Crippen LogP contribution >= 0.6 is 34.8 Å². The molecule has 0 saturated heterocycles. The highest BCUT2D eigenvalue weighted by molar-refractivity contribution is 6.53. The van der Waals surface area contributed by atoms with Crippen LogP contribution in [0.25, 0.3) is 0 Å². The number of rotatable bonds is 5. The SMILES string of the molecule is Cc1cc(NC(=O)C2C(c3ccc(F)c(Cl)c3)C2(Cl)Cl)cc(C(=O)Nc2ccc(F)c(N)c2F)c1F. The molecule has 36 heavy (non-hydrogen) atoms. The largest absolute Gasteiger partial charge is 0.394 e. The van der Waals surface area contributed by atoms with Gasteiger partial charge in [0.25, 0.3) is 5.91 Å². The molecule has 0 radical (unpaired) electrons. The lowest BCUT2D eigenvalue weighted by atomic mass is 10.1. The van der Waals surface area contributed by atoms with Crippen molar-refractivity contribution in [2.24, 2.45) is 5.92 Å². The molecule has 3 aromatic carbocycles. The minimum atomic E-state index is -1.51. The molecule has 2 amide bonds. The summed E-state index contributed by atoms with van der Waals surface area (Å²) in [4.78, 5) is 25.6. The molecule has 3 aromatic rings. The number of nitrogens with one attached hydrogen (secondary N) is 2. The zero-order chi connectivity index (χ0) is 26.5. The number of benzene rings is 3. The number of amides is 2. The van der Waals surface area contributed by atoms with Gasteiger partial charge in [0.15, 0.2) is 5.82 Å². The Bertz CT molecular complexity index is 1420. The van der Waals surface area contributed by atoms with E-state index in [1.165, 1.54) is 25.1 Å². The average molecular weight is 561 g/mol. The number of anilines is 3. The summed E-state index contributed by atoms with van der Waals surface area (Å²) in [6.07, 6.45) is 0. The number of hydrogen-bond donors (Lipinski definition) is 3. The number of halogens is 7. The Balaban J connectivity index is 1.56. The third-order valence-electron chi connectivity index (χ3n) is 5.78. The second-order valence-corrected chi connectivity index (χ2v) is 10.1. The molecule has 0 aromatic heterocycles. The molecule has 4 N–H and O–H groups in total. The first kappa shape index (κ1) is 26.1. The summed E-state index contributed by atoms with van der Waals surface area (Å²) in [5.41, 5.74) is 3.98. The van der Waals surface area contributed by atoms with Crippen molar-refractivity contribution < 1.29 is 27.2 Å². The Labute approximate surface area is 217 Å². The van der Waals surface area contributed by atoms with Gasteiger partial charge in [-0.25, -0.2) is 17.6 Å². The van der Waals surface area contributed by atoms with Gasteiger partial charge in [0.05, 0.1) is 22.2 Å². The lowest BCUT2D eigenvalue weighted by Crippen LogP contribution is -2.20. The smallest absolute Gasteiger partial charge is 0.258 e. The number of aryl methyl sites for hydroxylation is 1. The zero-order valence-corrected chi connectivity index (χ0v) is 20.5. The molecular weight excluding hydrogens is 545 g/mol. The molecule has 2 atom stereocenters. The van der Waals surface area contributed by atoms with E-state index >= 15 is 0 Å². The van der Waals surface area contributed by atoms with E-state index in [9.17, 15) is 27.2 Å². The first-order valence-corrected chi connectivity index (χ1v) is 11.4. The molecule has 1 aliphatic carbocycles. The highest BCUT2D eigenvalue weighted by atomic mass is 35.5. The average Bonchev–Trinajstić information content (AvgIpc) is 3.40. The summed E-state index contributed by atoms with van der Waals surface area (Å²) in [6.45, 7) is 1.35. The fourth-order valence-corrected chi connectivity index (χ4v) is 4.87. The molecule has 1 fully saturated rings. The van der Waals surface area contributed by atoms with Crippen molar-refractivity contribution in [1.82, 2.24) is 0 Å². The lowest BCUT2D eigenvalue weighted by Gasteiger charge is -2.13. The Morgan fingerprint density at radius 3 is 2.28 bits per heavy atom. The molecule has 0 spiro atoms. The number of nitrogen functional groups attached to an aromatic ring is 1. The Morgan fingerprint density at radius 1 is 0.944 bits per heavy atom. The lowest BCUT2D eigenvalue weighted by molar-refractivity contribution is -0.117. The number of alkyl halides is 2. The fraction of sp³-hybridized carbons (Fsp3) is 0.167. The summed E-state index contributed by atoms with van der Waals surface area (Å²) in [5, 5.41) is 4.51. The number of carbonyl (C=O) groups excluding carboxylic acids is 2. The predicted octanol–water partition coefficient (Wildman–Crippen LogP) is 6.57. The zero-order valence-electron chi connectivity index (χ0n) is 18.2. The van der Waals surface area contributed by atoms with Crippen LogP contribution in [0.5, 0.6) is 0 Å². The van der Waals surface area contributed by atoms with Gasteiger partial charge < -0.3 is 16.4 Å². The van der Waals surface area contributed by atoms with E-state index in [0.29, 0.717) is 5.56 Å². The summed E-state index contributed by atoms with van der Waals surface area (Å²) in [5.74, 6) is -7.16. The van der Waals surface area contributed by atoms with Crippen LogP contribution in [0.4, 0.5) is 34.6 Å². The van der Waals surface area contributed by atoms with Crippen molar-refractivity contribution in [3.63, 3.8) is 0 Å². The summed E-state index contributed by atoms with van der Waals surface area (Å²) in [6, 6.07) is 7.95. The van der Waals surface area contributed by atoms with Crippen molar-refractivity contribution in [2.45, 2.75) is 17.2 Å². The first-order chi connectivity index (χ1) is 16.8. The maximum Gasteiger partial charge on any atom is 0.258 e. The highest BCUT2D eigenvalue weighted by Gasteiger charge is 2.67. The van der Waals surface area contributed by atoms with Gasteiger partial charge >= 0.3 is 0 Å². The molecule has 188 valence electrons. The van der Waals surface area contributed by atoms with E-state index < -0.39 is 68.2 Å². The molecule has 5 nitrogen and oxygen atoms in total. The fourth-order valence-electron chi connectivity index (χ4n) is 3.86. The number of hydrogen-bond acceptors (Lipinski definition) is 3. The van der Waals surface area contributed by atoms with Crippen LogP contribution in [-0.2, 0) is 4.79 Å². The third kappa shape index (κ3) is 4.70. The third-order valence-corrected chi connectivity index (χ3v) is 7.01.